The summed E-state index contributed by atoms with van der Waals surface area (Å²) in [5, 5.41) is 7.68. The van der Waals surface area contributed by atoms with E-state index in [-0.39, 0.29) is 24.0 Å². The van der Waals surface area contributed by atoms with Crippen molar-refractivity contribution in [2.24, 2.45) is 4.99 Å². The molecule has 0 unspecified atom stereocenters. The lowest BCUT2D eigenvalue weighted by atomic mass is 10.1. The second-order valence-corrected chi connectivity index (χ2v) is 6.43. The first-order valence-electron chi connectivity index (χ1n) is 9.54. The van der Waals surface area contributed by atoms with Gasteiger partial charge in [-0.3, -0.25) is 0 Å². The molecule has 1 saturated heterocycles. The fraction of sp³-hybridized carbons (Fsp3) is 0.500. The van der Waals surface area contributed by atoms with Crippen molar-refractivity contribution in [3.05, 3.63) is 48.3 Å². The van der Waals surface area contributed by atoms with Gasteiger partial charge < -0.3 is 15.0 Å². The SMILES string of the molecule is CCNC(=NCc1ccc(-n2cccn2)cc1)N1CCC(OCC)CC1.I. The van der Waals surface area contributed by atoms with Gasteiger partial charge >= 0.3 is 0 Å². The summed E-state index contributed by atoms with van der Waals surface area (Å²) in [6.07, 6.45) is 6.26. The first-order chi connectivity index (χ1) is 12.8. The molecule has 3 rings (SSSR count). The van der Waals surface area contributed by atoms with Crippen molar-refractivity contribution in [3.63, 3.8) is 0 Å². The maximum absolute atomic E-state index is 5.75. The number of piperidine rings is 1. The molecule has 2 heterocycles. The van der Waals surface area contributed by atoms with Gasteiger partial charge in [0.15, 0.2) is 5.96 Å². The number of nitrogens with one attached hydrogen (secondary N) is 1. The first-order valence-corrected chi connectivity index (χ1v) is 9.54. The minimum Gasteiger partial charge on any atom is -0.378 e. The Balaban J connectivity index is 0.00000261. The fourth-order valence-electron chi connectivity index (χ4n) is 3.24. The van der Waals surface area contributed by atoms with E-state index in [1.807, 2.05) is 16.9 Å². The Morgan fingerprint density at radius 2 is 1.96 bits per heavy atom. The Hall–Kier alpha value is -1.61. The van der Waals surface area contributed by atoms with Gasteiger partial charge in [-0.25, -0.2) is 9.67 Å². The number of hydrogen-bond acceptors (Lipinski definition) is 3. The van der Waals surface area contributed by atoms with Crippen molar-refractivity contribution in [2.75, 3.05) is 26.2 Å². The van der Waals surface area contributed by atoms with Gasteiger partial charge in [0.2, 0.25) is 0 Å². The van der Waals surface area contributed by atoms with Crippen LogP contribution in [0.1, 0.15) is 32.3 Å². The molecule has 27 heavy (non-hydrogen) atoms. The molecule has 1 aliphatic heterocycles. The maximum atomic E-state index is 5.75. The van der Waals surface area contributed by atoms with Crippen molar-refractivity contribution in [1.29, 1.82) is 0 Å². The lowest BCUT2D eigenvalue weighted by Crippen LogP contribution is -2.47. The molecule has 0 bridgehead atoms. The second kappa shape index (κ2) is 11.3. The number of aromatic nitrogens is 2. The molecule has 0 saturated carbocycles. The number of likely N-dealkylation sites (tertiary alicyclic amines) is 1. The van der Waals surface area contributed by atoms with Crippen LogP contribution in [0.4, 0.5) is 0 Å². The van der Waals surface area contributed by atoms with Gasteiger partial charge in [0, 0.05) is 38.6 Å². The van der Waals surface area contributed by atoms with E-state index in [1.165, 1.54) is 5.56 Å². The average molecular weight is 483 g/mol. The van der Waals surface area contributed by atoms with Crippen molar-refractivity contribution in [2.45, 2.75) is 39.3 Å². The Bertz CT molecular complexity index is 679. The van der Waals surface area contributed by atoms with Crippen LogP contribution in [0.3, 0.4) is 0 Å². The molecule has 1 aromatic carbocycles. The quantitative estimate of drug-likeness (QED) is 0.389. The van der Waals surface area contributed by atoms with E-state index < -0.39 is 0 Å². The third-order valence-electron chi connectivity index (χ3n) is 4.60. The molecule has 1 fully saturated rings. The van der Waals surface area contributed by atoms with Crippen LogP contribution in [0.5, 0.6) is 0 Å². The van der Waals surface area contributed by atoms with Gasteiger partial charge in [-0.05, 0) is 50.5 Å². The highest BCUT2D eigenvalue weighted by Gasteiger charge is 2.21. The summed E-state index contributed by atoms with van der Waals surface area (Å²) in [7, 11) is 0. The predicted molar refractivity (Wildman–Crippen MR) is 120 cm³/mol. The number of nitrogens with zero attached hydrogens (tertiary/aromatic N) is 4. The van der Waals surface area contributed by atoms with E-state index >= 15 is 0 Å². The van der Waals surface area contributed by atoms with Gasteiger partial charge in [-0.2, -0.15) is 5.10 Å². The minimum atomic E-state index is 0. The zero-order valence-electron chi connectivity index (χ0n) is 16.2. The smallest absolute Gasteiger partial charge is 0.194 e. The van der Waals surface area contributed by atoms with Crippen LogP contribution in [0.25, 0.3) is 5.69 Å². The number of halogens is 1. The van der Waals surface area contributed by atoms with E-state index in [2.05, 4.69) is 53.4 Å². The molecule has 0 aliphatic carbocycles. The molecule has 1 aliphatic rings. The van der Waals surface area contributed by atoms with Gasteiger partial charge in [-0.15, -0.1) is 24.0 Å². The Morgan fingerprint density at radius 3 is 2.56 bits per heavy atom. The van der Waals surface area contributed by atoms with E-state index in [0.717, 1.165) is 50.7 Å². The Morgan fingerprint density at radius 1 is 1.22 bits per heavy atom. The van der Waals surface area contributed by atoms with Crippen LogP contribution < -0.4 is 5.32 Å². The second-order valence-electron chi connectivity index (χ2n) is 6.43. The molecule has 7 heteroatoms. The summed E-state index contributed by atoms with van der Waals surface area (Å²) < 4.78 is 7.61. The summed E-state index contributed by atoms with van der Waals surface area (Å²) in [6, 6.07) is 10.3. The maximum Gasteiger partial charge on any atom is 0.194 e. The number of guanidine groups is 1. The van der Waals surface area contributed by atoms with E-state index in [9.17, 15) is 0 Å². The third-order valence-corrected chi connectivity index (χ3v) is 4.60. The standard InChI is InChI=1S/C20H29N5O.HI/c1-3-21-20(24-14-10-19(11-15-24)26-4-2)22-16-17-6-8-18(9-7-17)25-13-5-12-23-25;/h5-9,12-13,19H,3-4,10-11,14-16H2,1-2H3,(H,21,22);1H. The highest BCUT2D eigenvalue weighted by Crippen LogP contribution is 2.14. The predicted octanol–water partition coefficient (Wildman–Crippen LogP) is 3.46. The molecule has 0 spiro atoms. The monoisotopic (exact) mass is 483 g/mol. The van der Waals surface area contributed by atoms with E-state index in [0.29, 0.717) is 12.6 Å². The van der Waals surface area contributed by atoms with Crippen LogP contribution in [0, 0.1) is 0 Å². The molecule has 2 aromatic rings. The Kier molecular flexibility index (Phi) is 9.06. The van der Waals surface area contributed by atoms with Crippen molar-refractivity contribution < 1.29 is 4.74 Å². The van der Waals surface area contributed by atoms with Gasteiger partial charge in [0.25, 0.3) is 0 Å². The first kappa shape index (κ1) is 21.7. The summed E-state index contributed by atoms with van der Waals surface area (Å²) in [4.78, 5) is 7.18. The summed E-state index contributed by atoms with van der Waals surface area (Å²) >= 11 is 0. The van der Waals surface area contributed by atoms with Gasteiger partial charge in [-0.1, -0.05) is 12.1 Å². The molecule has 0 atom stereocenters. The molecule has 0 radical (unpaired) electrons. The molecule has 6 nitrogen and oxygen atoms in total. The van der Waals surface area contributed by atoms with Crippen LogP contribution in [0.2, 0.25) is 0 Å². The average Bonchev–Trinajstić information content (AvgIpc) is 3.21. The molecular formula is C20H30IN5O. The number of hydrogen-bond donors (Lipinski definition) is 1. The number of benzene rings is 1. The molecule has 0 amide bonds. The van der Waals surface area contributed by atoms with Crippen molar-refractivity contribution in [1.82, 2.24) is 20.0 Å². The molecular weight excluding hydrogens is 453 g/mol. The lowest BCUT2D eigenvalue weighted by Gasteiger charge is -2.34. The summed E-state index contributed by atoms with van der Waals surface area (Å²) in [5.74, 6) is 0.999. The minimum absolute atomic E-state index is 0. The van der Waals surface area contributed by atoms with Crippen LogP contribution in [-0.2, 0) is 11.3 Å². The highest BCUT2D eigenvalue weighted by molar-refractivity contribution is 14.0. The van der Waals surface area contributed by atoms with E-state index in [1.54, 1.807) is 6.20 Å². The zero-order valence-corrected chi connectivity index (χ0v) is 18.5. The number of ether oxygens (including phenoxy) is 1. The summed E-state index contributed by atoms with van der Waals surface area (Å²) in [6.45, 7) is 8.52. The topological polar surface area (TPSA) is 54.7 Å². The van der Waals surface area contributed by atoms with Crippen LogP contribution >= 0.6 is 24.0 Å². The van der Waals surface area contributed by atoms with Crippen LogP contribution in [-0.4, -0.2) is 53.0 Å². The van der Waals surface area contributed by atoms with Crippen molar-refractivity contribution in [3.8, 4) is 5.69 Å². The van der Waals surface area contributed by atoms with E-state index in [4.69, 9.17) is 9.73 Å². The fourth-order valence-corrected chi connectivity index (χ4v) is 3.24. The molecule has 1 N–H and O–H groups in total. The largest absolute Gasteiger partial charge is 0.378 e. The van der Waals surface area contributed by atoms with Gasteiger partial charge in [0.05, 0.1) is 18.3 Å². The third kappa shape index (κ3) is 6.21. The zero-order chi connectivity index (χ0) is 18.2. The summed E-state index contributed by atoms with van der Waals surface area (Å²) in [5.41, 5.74) is 2.26. The molecule has 1 aromatic heterocycles. The van der Waals surface area contributed by atoms with Crippen LogP contribution in [0.15, 0.2) is 47.7 Å². The lowest BCUT2D eigenvalue weighted by molar-refractivity contribution is 0.0263. The normalized spacial score (nSPS) is 15.5. The number of aliphatic imine (C=N–C) groups is 1. The highest BCUT2D eigenvalue weighted by atomic mass is 127. The number of rotatable bonds is 6. The van der Waals surface area contributed by atoms with Gasteiger partial charge in [0.1, 0.15) is 0 Å². The van der Waals surface area contributed by atoms with Crippen molar-refractivity contribution >= 4 is 29.9 Å². The Labute approximate surface area is 179 Å². The molecule has 148 valence electrons.